The van der Waals surface area contributed by atoms with Crippen molar-refractivity contribution in [1.29, 1.82) is 0 Å². The third-order valence-corrected chi connectivity index (χ3v) is 3.41. The van der Waals surface area contributed by atoms with E-state index in [0.29, 0.717) is 18.0 Å². The number of benzene rings is 1. The highest BCUT2D eigenvalue weighted by Gasteiger charge is 2.22. The number of hydrogen-bond acceptors (Lipinski definition) is 5. The number of nitrogens with two attached hydrogens (primary N) is 1. The highest BCUT2D eigenvalue weighted by molar-refractivity contribution is 5.79. The zero-order valence-corrected chi connectivity index (χ0v) is 14.9. The van der Waals surface area contributed by atoms with Crippen LogP contribution in [-0.4, -0.2) is 31.1 Å². The number of carbonyl (C=O) groups is 3. The van der Waals surface area contributed by atoms with Crippen LogP contribution in [0.2, 0.25) is 0 Å². The van der Waals surface area contributed by atoms with E-state index < -0.39 is 24.1 Å². The second kappa shape index (κ2) is 10.3. The number of carbonyl (C=O) groups excluding carboxylic acids is 3. The molecule has 0 aromatic heterocycles. The van der Waals surface area contributed by atoms with Crippen LogP contribution in [0.5, 0.6) is 0 Å². The van der Waals surface area contributed by atoms with Gasteiger partial charge in [0.1, 0.15) is 12.7 Å². The highest BCUT2D eigenvalue weighted by Crippen LogP contribution is 2.21. The molecule has 0 spiro atoms. The minimum absolute atomic E-state index is 0.0408. The van der Waals surface area contributed by atoms with Crippen molar-refractivity contribution in [3.8, 4) is 0 Å². The summed E-state index contributed by atoms with van der Waals surface area (Å²) in [6.07, 6.45) is -1.97. The van der Waals surface area contributed by atoms with Crippen molar-refractivity contribution < 1.29 is 23.9 Å². The Labute approximate surface area is 147 Å². The summed E-state index contributed by atoms with van der Waals surface area (Å²) >= 11 is 0. The predicted molar refractivity (Wildman–Crippen MR) is 92.4 cm³/mol. The van der Waals surface area contributed by atoms with E-state index in [1.165, 1.54) is 0 Å². The van der Waals surface area contributed by atoms with Gasteiger partial charge in [0.25, 0.3) is 0 Å². The van der Waals surface area contributed by atoms with Gasteiger partial charge in [-0.3, -0.25) is 9.59 Å². The lowest BCUT2D eigenvalue weighted by Crippen LogP contribution is -2.34. The Bertz CT molecular complexity index is 574. The lowest BCUT2D eigenvalue weighted by Gasteiger charge is -2.17. The molecular formula is C18H26N2O5. The van der Waals surface area contributed by atoms with Gasteiger partial charge in [-0.2, -0.15) is 0 Å². The van der Waals surface area contributed by atoms with Crippen molar-refractivity contribution in [2.45, 2.75) is 33.3 Å². The molecule has 2 unspecified atom stereocenters. The van der Waals surface area contributed by atoms with Gasteiger partial charge >= 0.3 is 12.1 Å². The molecule has 3 N–H and O–H groups in total. The predicted octanol–water partition coefficient (Wildman–Crippen LogP) is 2.16. The second-order valence-corrected chi connectivity index (χ2v) is 6.26. The first-order valence-electron chi connectivity index (χ1n) is 8.24. The average Bonchev–Trinajstić information content (AvgIpc) is 2.57. The maximum Gasteiger partial charge on any atom is 0.405 e. The molecule has 0 heterocycles. The highest BCUT2D eigenvalue weighted by atomic mass is 16.6. The molecule has 7 heteroatoms. The van der Waals surface area contributed by atoms with Gasteiger partial charge < -0.3 is 20.5 Å². The van der Waals surface area contributed by atoms with E-state index in [1.54, 1.807) is 37.3 Å². The van der Waals surface area contributed by atoms with E-state index in [2.05, 4.69) is 5.32 Å². The average molecular weight is 350 g/mol. The van der Waals surface area contributed by atoms with E-state index in [0.717, 1.165) is 0 Å². The number of nitrogens with one attached hydrogen (secondary N) is 1. The van der Waals surface area contributed by atoms with Crippen molar-refractivity contribution in [3.05, 3.63) is 35.9 Å². The fourth-order valence-corrected chi connectivity index (χ4v) is 2.02. The zero-order chi connectivity index (χ0) is 18.8. The van der Waals surface area contributed by atoms with Crippen molar-refractivity contribution in [1.82, 2.24) is 5.32 Å². The van der Waals surface area contributed by atoms with Crippen LogP contribution in [0.3, 0.4) is 0 Å². The Morgan fingerprint density at radius 3 is 2.32 bits per heavy atom. The Kier molecular flexibility index (Phi) is 8.46. The first kappa shape index (κ1) is 20.5. The van der Waals surface area contributed by atoms with Gasteiger partial charge in [0.05, 0.1) is 12.3 Å². The minimum Gasteiger partial charge on any atom is -0.465 e. The SMILES string of the molecule is CC(C)CNC(=O)C(C)COC(=O)CC(OC(N)=O)c1ccccc1. The molecule has 1 aromatic carbocycles. The fourth-order valence-electron chi connectivity index (χ4n) is 2.02. The Morgan fingerprint density at radius 2 is 1.76 bits per heavy atom. The molecule has 138 valence electrons. The van der Waals surface area contributed by atoms with E-state index in [9.17, 15) is 14.4 Å². The third kappa shape index (κ3) is 8.19. The maximum absolute atomic E-state index is 12.0. The molecule has 0 fully saturated rings. The quantitative estimate of drug-likeness (QED) is 0.664. The van der Waals surface area contributed by atoms with Crippen LogP contribution in [0.25, 0.3) is 0 Å². The number of ether oxygens (including phenoxy) is 2. The molecule has 25 heavy (non-hydrogen) atoms. The molecule has 0 bridgehead atoms. The topological polar surface area (TPSA) is 108 Å². The molecule has 1 rings (SSSR count). The summed E-state index contributed by atoms with van der Waals surface area (Å²) in [6, 6.07) is 8.78. The Balaban J connectivity index is 2.52. The van der Waals surface area contributed by atoms with E-state index in [1.807, 2.05) is 13.8 Å². The lowest BCUT2D eigenvalue weighted by atomic mass is 10.1. The fraction of sp³-hybridized carbons (Fsp3) is 0.500. The number of primary amides is 1. The van der Waals surface area contributed by atoms with Crippen molar-refractivity contribution in [2.75, 3.05) is 13.2 Å². The van der Waals surface area contributed by atoms with Gasteiger partial charge in [0.15, 0.2) is 0 Å². The van der Waals surface area contributed by atoms with Gasteiger partial charge in [-0.05, 0) is 11.5 Å². The summed E-state index contributed by atoms with van der Waals surface area (Å²) in [6.45, 7) is 6.19. The monoisotopic (exact) mass is 350 g/mol. The van der Waals surface area contributed by atoms with Crippen LogP contribution < -0.4 is 11.1 Å². The summed E-state index contributed by atoms with van der Waals surface area (Å²) in [5, 5.41) is 2.78. The van der Waals surface area contributed by atoms with E-state index in [-0.39, 0.29) is 18.9 Å². The smallest absolute Gasteiger partial charge is 0.405 e. The number of hydrogen-bond donors (Lipinski definition) is 2. The summed E-state index contributed by atoms with van der Waals surface area (Å²) in [5.41, 5.74) is 5.70. The molecule has 7 nitrogen and oxygen atoms in total. The van der Waals surface area contributed by atoms with Crippen molar-refractivity contribution in [2.24, 2.45) is 17.6 Å². The molecule has 0 saturated carbocycles. The van der Waals surface area contributed by atoms with Crippen LogP contribution >= 0.6 is 0 Å². The first-order valence-corrected chi connectivity index (χ1v) is 8.24. The summed E-state index contributed by atoms with van der Waals surface area (Å²) in [5.74, 6) is -0.862. The van der Waals surface area contributed by atoms with Gasteiger partial charge in [-0.1, -0.05) is 51.1 Å². The standard InChI is InChI=1S/C18H26N2O5/c1-12(2)10-20-17(22)13(3)11-24-16(21)9-15(25-18(19)23)14-7-5-4-6-8-14/h4-8,12-13,15H,9-11H2,1-3H3,(H2,19,23)(H,20,22). The van der Waals surface area contributed by atoms with Crippen LogP contribution in [0, 0.1) is 11.8 Å². The summed E-state index contributed by atoms with van der Waals surface area (Å²) in [7, 11) is 0. The zero-order valence-electron chi connectivity index (χ0n) is 14.9. The van der Waals surface area contributed by atoms with Crippen LogP contribution in [0.1, 0.15) is 38.9 Å². The molecule has 0 aliphatic rings. The second-order valence-electron chi connectivity index (χ2n) is 6.26. The molecule has 0 aliphatic heterocycles. The van der Waals surface area contributed by atoms with Crippen molar-refractivity contribution >= 4 is 18.0 Å². The molecule has 2 atom stereocenters. The molecule has 0 radical (unpaired) electrons. The molecule has 0 saturated heterocycles. The van der Waals surface area contributed by atoms with E-state index in [4.69, 9.17) is 15.2 Å². The van der Waals surface area contributed by atoms with Crippen LogP contribution in [0.4, 0.5) is 4.79 Å². The normalized spacial score (nSPS) is 13.0. The number of amides is 2. The Morgan fingerprint density at radius 1 is 1.12 bits per heavy atom. The van der Waals surface area contributed by atoms with Gasteiger partial charge in [0.2, 0.25) is 5.91 Å². The number of esters is 1. The van der Waals surface area contributed by atoms with E-state index >= 15 is 0 Å². The molecule has 0 aliphatic carbocycles. The number of rotatable bonds is 9. The van der Waals surface area contributed by atoms with Gasteiger partial charge in [-0.25, -0.2) is 4.79 Å². The Hall–Kier alpha value is -2.57. The molecule has 1 aromatic rings. The minimum atomic E-state index is -0.969. The lowest BCUT2D eigenvalue weighted by molar-refractivity contribution is -0.148. The summed E-state index contributed by atoms with van der Waals surface area (Å²) < 4.78 is 10.1. The molecule has 2 amide bonds. The van der Waals surface area contributed by atoms with Crippen LogP contribution in [-0.2, 0) is 19.1 Å². The maximum atomic E-state index is 12.0. The van der Waals surface area contributed by atoms with Crippen LogP contribution in [0.15, 0.2) is 30.3 Å². The largest absolute Gasteiger partial charge is 0.465 e. The summed E-state index contributed by atoms with van der Waals surface area (Å²) in [4.78, 5) is 34.9. The van der Waals surface area contributed by atoms with Gasteiger partial charge in [-0.15, -0.1) is 0 Å². The van der Waals surface area contributed by atoms with Crippen molar-refractivity contribution in [3.63, 3.8) is 0 Å². The first-order chi connectivity index (χ1) is 11.8. The van der Waals surface area contributed by atoms with Gasteiger partial charge in [0, 0.05) is 6.54 Å². The third-order valence-electron chi connectivity index (χ3n) is 3.41. The molecular weight excluding hydrogens is 324 g/mol.